The van der Waals surface area contributed by atoms with E-state index in [9.17, 15) is 0 Å². The Morgan fingerprint density at radius 1 is 0.120 bits per heavy atom. The Balaban J connectivity index is 0.0000000745. The highest BCUT2D eigenvalue weighted by atomic mass is 14.8. The molecule has 30 saturated carbocycles. The molecule has 24 bridgehead atoms. The van der Waals surface area contributed by atoms with E-state index in [4.69, 9.17) is 0 Å². The predicted molar refractivity (Wildman–Crippen MR) is 446 cm³/mol. The fourth-order valence-electron chi connectivity index (χ4n) is 48.4. The predicted octanol–water partition coefficient (Wildman–Crippen LogP) is 28.8. The van der Waals surface area contributed by atoms with Crippen LogP contribution in [-0.4, -0.2) is 0 Å². The van der Waals surface area contributed by atoms with E-state index >= 15 is 0 Å². The normalized spacial score (nSPS) is 61.7. The topological polar surface area (TPSA) is 0 Å². The van der Waals surface area contributed by atoms with Crippen molar-refractivity contribution in [2.24, 2.45) is 310 Å². The molecular formula is C108H170. The van der Waals surface area contributed by atoms with Gasteiger partial charge in [0, 0.05) is 0 Å². The highest BCUT2D eigenvalue weighted by Crippen LogP contribution is 2.83. The van der Waals surface area contributed by atoms with Gasteiger partial charge in [-0.1, -0.05) is 148 Å². The lowest BCUT2D eigenvalue weighted by atomic mass is 9.56. The fraction of sp³-hybridized carbons (Fsp3) is 1.00. The van der Waals surface area contributed by atoms with Crippen LogP contribution in [0.5, 0.6) is 0 Å². The Kier molecular flexibility index (Phi) is 16.4. The summed E-state index contributed by atoms with van der Waals surface area (Å²) in [5.74, 6) is 53.4. The van der Waals surface area contributed by atoms with Gasteiger partial charge in [-0.05, 0) is 522 Å². The summed E-state index contributed by atoms with van der Waals surface area (Å²) in [7, 11) is 0. The SMILES string of the molecule is CC1(C)C2CCC1C1C3CC(C4C5CCC(C5)C34)C12.CC1(C)C2CCC1C1C3CC(C4CCC43)C12.CC1(C)C2CCC1C1C3CC(C4CCCC43)C12.CC1(C)C2CCC1C1C3CCC(C3)C12.CC1(C)C2CCC1C1CC3CCCCC3CC12.CC1(C)C2CCC1C1CCCC12.CC1(C)C2CCC1C1CCCCC12. The maximum Gasteiger partial charge on any atom is -0.0292 e. The summed E-state index contributed by atoms with van der Waals surface area (Å²) in [6.45, 7) is 36.2. The molecular weight excluding hydrogens is 1300 g/mol. The van der Waals surface area contributed by atoms with Gasteiger partial charge in [0.05, 0.1) is 0 Å². The summed E-state index contributed by atoms with van der Waals surface area (Å²) >= 11 is 0. The Morgan fingerprint density at radius 2 is 0.333 bits per heavy atom. The van der Waals surface area contributed by atoms with Crippen LogP contribution >= 0.6 is 0 Å². The van der Waals surface area contributed by atoms with E-state index in [-0.39, 0.29) is 0 Å². The number of hydrogen-bond donors (Lipinski definition) is 0. The van der Waals surface area contributed by atoms with Crippen molar-refractivity contribution < 1.29 is 0 Å². The molecule has 0 N–H and O–H groups in total. The molecule has 108 heavy (non-hydrogen) atoms. The molecule has 602 valence electrons. The smallest absolute Gasteiger partial charge is 0.0292 e. The van der Waals surface area contributed by atoms with Gasteiger partial charge in [-0.2, -0.15) is 0 Å². The zero-order valence-electron chi connectivity index (χ0n) is 73.0. The zero-order chi connectivity index (χ0) is 73.0. The van der Waals surface area contributed by atoms with Crippen molar-refractivity contribution in [1.82, 2.24) is 0 Å². The second kappa shape index (κ2) is 24.6. The van der Waals surface area contributed by atoms with Crippen molar-refractivity contribution in [3.63, 3.8) is 0 Å². The van der Waals surface area contributed by atoms with Crippen LogP contribution < -0.4 is 0 Å². The van der Waals surface area contributed by atoms with Gasteiger partial charge in [-0.3, -0.25) is 0 Å². The van der Waals surface area contributed by atoms with E-state index in [1.807, 2.05) is 0 Å². The molecule has 0 heterocycles. The van der Waals surface area contributed by atoms with E-state index in [1.165, 1.54) is 168 Å². The second-order valence-corrected chi connectivity index (χ2v) is 54.1. The van der Waals surface area contributed by atoms with Gasteiger partial charge in [0.15, 0.2) is 0 Å². The molecule has 30 aliphatic carbocycles. The minimum absolute atomic E-state index is 0.697. The van der Waals surface area contributed by atoms with E-state index in [0.717, 1.165) is 146 Å². The quantitative estimate of drug-likeness (QED) is 0.212. The van der Waals surface area contributed by atoms with Crippen LogP contribution in [0.25, 0.3) is 0 Å². The van der Waals surface area contributed by atoms with Crippen LogP contribution in [0.15, 0.2) is 0 Å². The molecule has 46 unspecified atom stereocenters. The number of rotatable bonds is 0. The standard InChI is InChI=1S/C19H28.C17H26.C17H28.C16H24.C14H22.C13H22.C12H20/c1-19(2)13-5-6-14(19)18-12-8-11(17(13)18)15-9-3-4-10(7-9)16(12)15;1-17(2)13-6-7-14(17)16-12-8-11(15(13)16)9-4-3-5-10(9)12;1-17(2)15-7-8-16(17)14-10-12-6-4-3-5-11(12)9-13(14)15;1-16(2)12-5-6-13(16)15-11-7-10(14(12)15)8-3-4-9(8)11;1-14(2)10-5-6-11(14)13-9-4-3-8(7-9)12(10)13;1-13(2)11-7-8-12(13)10-6-4-3-5-9(10)11;1-12(2)10-6-7-11(12)9-5-3-4-8(9)10/h9-18H,3-8H2,1-2H3;9-16H,3-8H2,1-2H3;11-16H,3-10H2,1-2H3;8-15H,3-7H2,1-2H3;8-13H,3-7H2,1-2H3;9-12H,3-8H2,1-2H3;8-11H,3-7H2,1-2H3. The molecule has 0 aliphatic heterocycles. The van der Waals surface area contributed by atoms with Gasteiger partial charge in [0.25, 0.3) is 0 Å². The molecule has 30 aliphatic rings. The Morgan fingerprint density at radius 3 is 0.639 bits per heavy atom. The Bertz CT molecular complexity index is 3210. The van der Waals surface area contributed by atoms with Crippen LogP contribution in [0.4, 0.5) is 0 Å². The molecule has 0 aromatic carbocycles. The summed E-state index contributed by atoms with van der Waals surface area (Å²) < 4.78 is 0. The van der Waals surface area contributed by atoms with Crippen molar-refractivity contribution in [2.75, 3.05) is 0 Å². The molecule has 0 radical (unpaired) electrons. The average Bonchev–Trinajstić information content (AvgIpc) is 1.50. The molecule has 0 spiro atoms. The average molecular weight is 1470 g/mol. The molecule has 0 amide bonds. The third-order valence-corrected chi connectivity index (χ3v) is 51.2. The summed E-state index contributed by atoms with van der Waals surface area (Å²) in [5.41, 5.74) is 4.99. The summed E-state index contributed by atoms with van der Waals surface area (Å²) in [6.07, 6.45) is 65.0. The molecule has 0 heteroatoms. The fourth-order valence-corrected chi connectivity index (χ4v) is 48.4. The molecule has 0 nitrogen and oxygen atoms in total. The van der Waals surface area contributed by atoms with Crippen LogP contribution in [0.1, 0.15) is 360 Å². The van der Waals surface area contributed by atoms with E-state index in [2.05, 4.69) is 96.9 Å². The molecule has 0 aromatic heterocycles. The molecule has 30 fully saturated rings. The van der Waals surface area contributed by atoms with Crippen molar-refractivity contribution in [1.29, 1.82) is 0 Å². The molecule has 46 atom stereocenters. The minimum Gasteiger partial charge on any atom is -0.0594 e. The first-order chi connectivity index (χ1) is 51.9. The Labute approximate surface area is 666 Å². The van der Waals surface area contributed by atoms with Crippen molar-refractivity contribution in [3.05, 3.63) is 0 Å². The van der Waals surface area contributed by atoms with Gasteiger partial charge in [-0.15, -0.1) is 0 Å². The van der Waals surface area contributed by atoms with Crippen LogP contribution in [-0.2, 0) is 0 Å². The van der Waals surface area contributed by atoms with Gasteiger partial charge >= 0.3 is 0 Å². The zero-order valence-corrected chi connectivity index (χ0v) is 73.0. The number of fused-ring (bicyclic) bond motifs is 65. The largest absolute Gasteiger partial charge is 0.0594 e. The van der Waals surface area contributed by atoms with Crippen molar-refractivity contribution in [3.8, 4) is 0 Å². The monoisotopic (exact) mass is 1470 g/mol. The van der Waals surface area contributed by atoms with E-state index in [1.54, 1.807) is 238 Å². The minimum atomic E-state index is 0.697. The lowest BCUT2D eigenvalue weighted by molar-refractivity contribution is -0.00279. The van der Waals surface area contributed by atoms with Crippen molar-refractivity contribution in [2.45, 2.75) is 360 Å². The maximum atomic E-state index is 2.64. The Hall–Kier alpha value is 0. The summed E-state index contributed by atoms with van der Waals surface area (Å²) in [5, 5.41) is 0. The highest BCUT2D eigenvalue weighted by Gasteiger charge is 2.77. The van der Waals surface area contributed by atoms with Crippen LogP contribution in [0.3, 0.4) is 0 Å². The molecule has 30 rings (SSSR count). The first-order valence-electron chi connectivity index (χ1n) is 51.9. The van der Waals surface area contributed by atoms with Gasteiger partial charge in [0.2, 0.25) is 0 Å². The molecule has 0 aromatic rings. The third-order valence-electron chi connectivity index (χ3n) is 51.2. The second-order valence-electron chi connectivity index (χ2n) is 54.1. The van der Waals surface area contributed by atoms with Crippen LogP contribution in [0, 0.1) is 310 Å². The number of hydrogen-bond acceptors (Lipinski definition) is 0. The van der Waals surface area contributed by atoms with Gasteiger partial charge in [0.1, 0.15) is 0 Å². The maximum absolute atomic E-state index is 2.64. The van der Waals surface area contributed by atoms with Crippen molar-refractivity contribution >= 4 is 0 Å². The third kappa shape index (κ3) is 9.43. The van der Waals surface area contributed by atoms with Gasteiger partial charge in [-0.25, -0.2) is 0 Å². The first-order valence-corrected chi connectivity index (χ1v) is 51.9. The summed E-state index contributed by atoms with van der Waals surface area (Å²) in [4.78, 5) is 0. The highest BCUT2D eigenvalue weighted by molar-refractivity contribution is 5.25. The molecule has 0 saturated heterocycles. The van der Waals surface area contributed by atoms with Gasteiger partial charge < -0.3 is 0 Å². The van der Waals surface area contributed by atoms with Crippen LogP contribution in [0.2, 0.25) is 0 Å². The van der Waals surface area contributed by atoms with E-state index in [0.29, 0.717) is 21.7 Å². The first kappa shape index (κ1) is 72.1. The summed E-state index contributed by atoms with van der Waals surface area (Å²) in [6, 6.07) is 0. The lowest BCUT2D eigenvalue weighted by Crippen LogP contribution is -2.42. The lowest BCUT2D eigenvalue weighted by Gasteiger charge is -2.49. The van der Waals surface area contributed by atoms with E-state index < -0.39 is 0 Å².